The smallest absolute Gasteiger partial charge is 0.236 e. The Hall–Kier alpha value is -1.85. The van der Waals surface area contributed by atoms with Gasteiger partial charge in [-0.3, -0.25) is 9.69 Å². The molecule has 0 aliphatic carbocycles. The van der Waals surface area contributed by atoms with Crippen LogP contribution in [0.2, 0.25) is 5.02 Å². The van der Waals surface area contributed by atoms with Gasteiger partial charge in [0.2, 0.25) is 11.8 Å². The lowest BCUT2D eigenvalue weighted by atomic mass is 10.2. The average molecular weight is 320 g/mol. The normalized spacial score (nSPS) is 16.3. The molecule has 6 heteroatoms. The van der Waals surface area contributed by atoms with Gasteiger partial charge in [-0.2, -0.15) is 0 Å². The van der Waals surface area contributed by atoms with Crippen LogP contribution >= 0.6 is 11.6 Å². The molecular weight excluding hydrogens is 302 g/mol. The third-order valence-corrected chi connectivity index (χ3v) is 4.11. The Labute approximate surface area is 134 Å². The second kappa shape index (κ2) is 6.10. The average Bonchev–Trinajstić information content (AvgIpc) is 2.84. The van der Waals surface area contributed by atoms with Crippen LogP contribution in [0.25, 0.3) is 11.5 Å². The first-order valence-corrected chi connectivity index (χ1v) is 7.59. The minimum atomic E-state index is 0.141. The van der Waals surface area contributed by atoms with Crippen LogP contribution in [0, 0.1) is 6.92 Å². The number of rotatable bonds is 3. The quantitative estimate of drug-likeness (QED) is 0.872. The van der Waals surface area contributed by atoms with Gasteiger partial charge in [0.1, 0.15) is 5.76 Å². The van der Waals surface area contributed by atoms with Crippen molar-refractivity contribution in [2.75, 3.05) is 26.7 Å². The third-order valence-electron chi connectivity index (χ3n) is 3.87. The number of benzene rings is 1. The fourth-order valence-electron chi connectivity index (χ4n) is 2.47. The van der Waals surface area contributed by atoms with E-state index in [2.05, 4.69) is 9.88 Å². The molecule has 0 radical (unpaired) electrons. The van der Waals surface area contributed by atoms with E-state index in [-0.39, 0.29) is 5.91 Å². The summed E-state index contributed by atoms with van der Waals surface area (Å²) in [6.45, 7) is 4.54. The van der Waals surface area contributed by atoms with Gasteiger partial charge >= 0.3 is 0 Å². The molecule has 1 fully saturated rings. The molecule has 5 nitrogen and oxygen atoms in total. The molecule has 1 amide bonds. The molecule has 1 aliphatic heterocycles. The Kier molecular flexibility index (Phi) is 4.18. The molecule has 0 unspecified atom stereocenters. The Morgan fingerprint density at radius 1 is 1.36 bits per heavy atom. The van der Waals surface area contributed by atoms with E-state index in [1.807, 2.05) is 38.2 Å². The first kappa shape index (κ1) is 15.1. The highest BCUT2D eigenvalue weighted by molar-refractivity contribution is 6.30. The van der Waals surface area contributed by atoms with Crippen molar-refractivity contribution in [1.29, 1.82) is 0 Å². The molecule has 22 heavy (non-hydrogen) atoms. The maximum atomic E-state index is 11.8. The molecule has 1 aromatic heterocycles. The molecule has 116 valence electrons. The van der Waals surface area contributed by atoms with Crippen LogP contribution in [0.3, 0.4) is 0 Å². The van der Waals surface area contributed by atoms with Gasteiger partial charge < -0.3 is 9.32 Å². The number of piperazine rings is 1. The Balaban J connectivity index is 1.77. The summed E-state index contributed by atoms with van der Waals surface area (Å²) >= 11 is 6.01. The molecule has 2 heterocycles. The van der Waals surface area contributed by atoms with Crippen LogP contribution in [0.4, 0.5) is 0 Å². The van der Waals surface area contributed by atoms with Crippen LogP contribution < -0.4 is 0 Å². The van der Waals surface area contributed by atoms with Crippen molar-refractivity contribution in [3.63, 3.8) is 0 Å². The number of amides is 1. The fourth-order valence-corrected chi connectivity index (χ4v) is 2.66. The van der Waals surface area contributed by atoms with E-state index in [1.54, 1.807) is 4.90 Å². The number of aryl methyl sites for hydroxylation is 1. The van der Waals surface area contributed by atoms with Gasteiger partial charge in [-0.25, -0.2) is 4.98 Å². The highest BCUT2D eigenvalue weighted by atomic mass is 35.5. The van der Waals surface area contributed by atoms with Gasteiger partial charge in [0.15, 0.2) is 0 Å². The SMILES string of the molecule is Cc1oc(-c2cccc(Cl)c2)nc1CN1CCN(C)C(=O)C1. The number of halogens is 1. The van der Waals surface area contributed by atoms with Gasteiger partial charge in [0.05, 0.1) is 12.2 Å². The van der Waals surface area contributed by atoms with E-state index in [0.717, 1.165) is 30.1 Å². The Morgan fingerprint density at radius 2 is 2.18 bits per heavy atom. The van der Waals surface area contributed by atoms with Crippen LogP contribution in [0.15, 0.2) is 28.7 Å². The lowest BCUT2D eigenvalue weighted by Gasteiger charge is -2.31. The molecule has 0 N–H and O–H groups in total. The number of carbonyl (C=O) groups excluding carboxylic acids is 1. The van der Waals surface area contributed by atoms with Gasteiger partial charge in [-0.1, -0.05) is 17.7 Å². The topological polar surface area (TPSA) is 49.6 Å². The molecule has 1 saturated heterocycles. The molecule has 0 bridgehead atoms. The summed E-state index contributed by atoms with van der Waals surface area (Å²) in [6.07, 6.45) is 0. The second-order valence-corrected chi connectivity index (χ2v) is 5.99. The van der Waals surface area contributed by atoms with E-state index in [0.29, 0.717) is 24.0 Å². The molecular formula is C16H18ClN3O2. The summed E-state index contributed by atoms with van der Waals surface area (Å²) in [7, 11) is 1.83. The molecule has 2 aromatic rings. The number of aromatic nitrogens is 1. The lowest BCUT2D eigenvalue weighted by Crippen LogP contribution is -2.48. The minimum absolute atomic E-state index is 0.141. The molecule has 1 aliphatic rings. The van der Waals surface area contributed by atoms with E-state index in [4.69, 9.17) is 16.0 Å². The maximum Gasteiger partial charge on any atom is 0.236 e. The highest BCUT2D eigenvalue weighted by Crippen LogP contribution is 2.25. The maximum absolute atomic E-state index is 11.8. The lowest BCUT2D eigenvalue weighted by molar-refractivity contribution is -0.134. The molecule has 3 rings (SSSR count). The van der Waals surface area contributed by atoms with E-state index in [1.165, 1.54) is 0 Å². The molecule has 1 aromatic carbocycles. The number of likely N-dealkylation sites (N-methyl/N-ethyl adjacent to an activating group) is 1. The second-order valence-electron chi connectivity index (χ2n) is 5.56. The first-order chi connectivity index (χ1) is 10.5. The van der Waals surface area contributed by atoms with Crippen molar-refractivity contribution in [2.45, 2.75) is 13.5 Å². The van der Waals surface area contributed by atoms with Crippen LogP contribution in [0.1, 0.15) is 11.5 Å². The standard InChI is InChI=1S/C16H18ClN3O2/c1-11-14(9-20-7-6-19(2)15(21)10-20)18-16(22-11)12-4-3-5-13(17)8-12/h3-5,8H,6-7,9-10H2,1-2H3. The molecule has 0 spiro atoms. The zero-order valence-corrected chi connectivity index (χ0v) is 13.4. The number of hydrogen-bond acceptors (Lipinski definition) is 4. The van der Waals surface area contributed by atoms with Crippen LogP contribution in [-0.4, -0.2) is 47.4 Å². The predicted octanol–water partition coefficient (Wildman–Crippen LogP) is 2.58. The summed E-state index contributed by atoms with van der Waals surface area (Å²) < 4.78 is 5.75. The van der Waals surface area contributed by atoms with Crippen molar-refractivity contribution in [3.05, 3.63) is 40.7 Å². The van der Waals surface area contributed by atoms with Crippen LogP contribution in [0.5, 0.6) is 0 Å². The fraction of sp³-hybridized carbons (Fsp3) is 0.375. The molecule has 0 atom stereocenters. The summed E-state index contributed by atoms with van der Waals surface area (Å²) in [6, 6.07) is 7.43. The zero-order valence-electron chi connectivity index (χ0n) is 12.7. The summed E-state index contributed by atoms with van der Waals surface area (Å²) in [5, 5.41) is 0.652. The number of hydrogen-bond donors (Lipinski definition) is 0. The largest absolute Gasteiger partial charge is 0.441 e. The van der Waals surface area contributed by atoms with Crippen molar-refractivity contribution in [1.82, 2.24) is 14.8 Å². The Bertz CT molecular complexity index is 698. The minimum Gasteiger partial charge on any atom is -0.441 e. The van der Waals surface area contributed by atoms with Crippen molar-refractivity contribution in [2.24, 2.45) is 0 Å². The van der Waals surface area contributed by atoms with E-state index in [9.17, 15) is 4.79 Å². The zero-order chi connectivity index (χ0) is 15.7. The van der Waals surface area contributed by atoms with Crippen molar-refractivity contribution < 1.29 is 9.21 Å². The predicted molar refractivity (Wildman–Crippen MR) is 84.6 cm³/mol. The van der Waals surface area contributed by atoms with Gasteiger partial charge in [0.25, 0.3) is 0 Å². The van der Waals surface area contributed by atoms with Gasteiger partial charge in [-0.15, -0.1) is 0 Å². The summed E-state index contributed by atoms with van der Waals surface area (Å²) in [5.41, 5.74) is 1.73. The summed E-state index contributed by atoms with van der Waals surface area (Å²) in [5.74, 6) is 1.49. The number of carbonyl (C=O) groups is 1. The number of oxazole rings is 1. The Morgan fingerprint density at radius 3 is 2.91 bits per heavy atom. The monoisotopic (exact) mass is 319 g/mol. The highest BCUT2D eigenvalue weighted by Gasteiger charge is 2.23. The van der Waals surface area contributed by atoms with Crippen LogP contribution in [-0.2, 0) is 11.3 Å². The van der Waals surface area contributed by atoms with Crippen molar-refractivity contribution >= 4 is 17.5 Å². The first-order valence-electron chi connectivity index (χ1n) is 7.21. The van der Waals surface area contributed by atoms with Crippen molar-refractivity contribution in [3.8, 4) is 11.5 Å². The third kappa shape index (κ3) is 3.15. The number of nitrogens with zero attached hydrogens (tertiary/aromatic N) is 3. The molecule has 0 saturated carbocycles. The van der Waals surface area contributed by atoms with E-state index >= 15 is 0 Å². The van der Waals surface area contributed by atoms with Gasteiger partial charge in [-0.05, 0) is 25.1 Å². The van der Waals surface area contributed by atoms with E-state index < -0.39 is 0 Å². The summed E-state index contributed by atoms with van der Waals surface area (Å²) in [4.78, 5) is 20.2. The van der Waals surface area contributed by atoms with Gasteiger partial charge in [0, 0.05) is 37.3 Å².